The smallest absolute Gasteiger partial charge is 0.321 e. The van der Waals surface area contributed by atoms with E-state index < -0.39 is 0 Å². The van der Waals surface area contributed by atoms with Gasteiger partial charge < -0.3 is 15.1 Å². The van der Waals surface area contributed by atoms with Crippen molar-refractivity contribution in [3.05, 3.63) is 29.8 Å². The summed E-state index contributed by atoms with van der Waals surface area (Å²) >= 11 is 0. The Morgan fingerprint density at radius 2 is 2.07 bits per heavy atom. The van der Waals surface area contributed by atoms with E-state index in [-0.39, 0.29) is 17.4 Å². The molecule has 1 spiro atoms. The van der Waals surface area contributed by atoms with E-state index in [9.17, 15) is 9.59 Å². The number of hydrogen-bond donors (Lipinski definition) is 1. The summed E-state index contributed by atoms with van der Waals surface area (Å²) in [6.45, 7) is 9.69. The number of amides is 3. The van der Waals surface area contributed by atoms with Crippen LogP contribution >= 0.6 is 0 Å². The van der Waals surface area contributed by atoms with E-state index in [1.54, 1.807) is 0 Å². The molecule has 5 heteroatoms. The fourth-order valence-corrected chi connectivity index (χ4v) is 4.51. The van der Waals surface area contributed by atoms with Crippen LogP contribution in [0.1, 0.15) is 58.4 Å². The Morgan fingerprint density at radius 1 is 1.25 bits per heavy atom. The fraction of sp³-hybridized carbons (Fsp3) is 0.652. The van der Waals surface area contributed by atoms with Crippen LogP contribution in [0.2, 0.25) is 0 Å². The first kappa shape index (κ1) is 20.7. The second-order valence-corrected chi connectivity index (χ2v) is 9.01. The summed E-state index contributed by atoms with van der Waals surface area (Å²) in [6, 6.07) is 8.05. The standard InChI is InChI=1S/C23H35N3O2/c1-4-19-7-5-8-20(15-19)24-22(28)26-13-6-11-23(17-26)12-9-21(27)25(16-23)14-10-18(2)3/h5,7-8,15,18H,4,6,9-14,16-17H2,1-3H3,(H,24,28). The first-order chi connectivity index (χ1) is 13.4. The van der Waals surface area contributed by atoms with Crippen LogP contribution in [0.25, 0.3) is 0 Å². The number of piperidine rings is 2. The summed E-state index contributed by atoms with van der Waals surface area (Å²) in [7, 11) is 0. The predicted molar refractivity (Wildman–Crippen MR) is 113 cm³/mol. The second kappa shape index (κ2) is 8.97. The summed E-state index contributed by atoms with van der Waals surface area (Å²) in [5.41, 5.74) is 2.15. The van der Waals surface area contributed by atoms with Crippen LogP contribution in [0.3, 0.4) is 0 Å². The van der Waals surface area contributed by atoms with Gasteiger partial charge in [-0.3, -0.25) is 4.79 Å². The minimum absolute atomic E-state index is 0.0158. The minimum Gasteiger partial charge on any atom is -0.342 e. The predicted octanol–water partition coefficient (Wildman–Crippen LogP) is 4.53. The third kappa shape index (κ3) is 5.06. The molecule has 2 aliphatic heterocycles. The molecule has 1 atom stereocenters. The molecule has 3 rings (SSSR count). The Bertz CT molecular complexity index is 703. The number of likely N-dealkylation sites (tertiary alicyclic amines) is 2. The van der Waals surface area contributed by atoms with Gasteiger partial charge >= 0.3 is 6.03 Å². The highest BCUT2D eigenvalue weighted by Gasteiger charge is 2.42. The maximum atomic E-state index is 12.9. The Hall–Kier alpha value is -2.04. The maximum absolute atomic E-state index is 12.9. The summed E-state index contributed by atoms with van der Waals surface area (Å²) in [4.78, 5) is 29.3. The van der Waals surface area contributed by atoms with Gasteiger partial charge in [0, 0.05) is 43.7 Å². The molecule has 3 amide bonds. The zero-order chi connectivity index (χ0) is 20.1. The van der Waals surface area contributed by atoms with Crippen LogP contribution in [0.4, 0.5) is 10.5 Å². The number of carbonyl (C=O) groups excluding carboxylic acids is 2. The number of anilines is 1. The van der Waals surface area contributed by atoms with Gasteiger partial charge in [0.05, 0.1) is 0 Å². The van der Waals surface area contributed by atoms with Crippen molar-refractivity contribution in [3.63, 3.8) is 0 Å². The average Bonchev–Trinajstić information content (AvgIpc) is 2.69. The lowest BCUT2D eigenvalue weighted by Gasteiger charge is -2.48. The topological polar surface area (TPSA) is 52.7 Å². The quantitative estimate of drug-likeness (QED) is 0.809. The number of urea groups is 1. The highest BCUT2D eigenvalue weighted by atomic mass is 16.2. The van der Waals surface area contributed by atoms with Gasteiger partial charge in [0.1, 0.15) is 0 Å². The summed E-state index contributed by atoms with van der Waals surface area (Å²) < 4.78 is 0. The maximum Gasteiger partial charge on any atom is 0.321 e. The van der Waals surface area contributed by atoms with Gasteiger partial charge in [-0.1, -0.05) is 32.9 Å². The van der Waals surface area contributed by atoms with E-state index in [0.29, 0.717) is 12.3 Å². The van der Waals surface area contributed by atoms with Gasteiger partial charge in [-0.25, -0.2) is 4.79 Å². The zero-order valence-corrected chi connectivity index (χ0v) is 17.7. The van der Waals surface area contributed by atoms with Crippen molar-refractivity contribution in [1.82, 2.24) is 9.80 Å². The van der Waals surface area contributed by atoms with E-state index in [1.165, 1.54) is 5.56 Å². The molecule has 154 valence electrons. The van der Waals surface area contributed by atoms with E-state index in [1.807, 2.05) is 23.1 Å². The highest BCUT2D eigenvalue weighted by molar-refractivity contribution is 5.89. The Labute approximate surface area is 169 Å². The number of nitrogens with zero attached hydrogens (tertiary/aromatic N) is 2. The largest absolute Gasteiger partial charge is 0.342 e. The van der Waals surface area contributed by atoms with E-state index in [4.69, 9.17) is 0 Å². The molecule has 5 nitrogen and oxygen atoms in total. The molecular formula is C23H35N3O2. The van der Waals surface area contributed by atoms with Crippen LogP contribution in [-0.4, -0.2) is 47.9 Å². The second-order valence-electron chi connectivity index (χ2n) is 9.01. The molecule has 1 unspecified atom stereocenters. The van der Waals surface area contributed by atoms with Crippen molar-refractivity contribution >= 4 is 17.6 Å². The first-order valence-electron chi connectivity index (χ1n) is 10.8. The molecule has 0 aromatic heterocycles. The van der Waals surface area contributed by atoms with Gasteiger partial charge in [-0.05, 0) is 55.7 Å². The monoisotopic (exact) mass is 385 g/mol. The van der Waals surface area contributed by atoms with Gasteiger partial charge in [-0.15, -0.1) is 0 Å². The van der Waals surface area contributed by atoms with Gasteiger partial charge in [0.25, 0.3) is 0 Å². The Balaban J connectivity index is 1.63. The first-order valence-corrected chi connectivity index (χ1v) is 10.8. The lowest BCUT2D eigenvalue weighted by molar-refractivity contribution is -0.139. The molecule has 1 N–H and O–H groups in total. The third-order valence-electron chi connectivity index (χ3n) is 6.26. The normalized spacial score (nSPS) is 22.8. The molecular weight excluding hydrogens is 350 g/mol. The number of hydrogen-bond acceptors (Lipinski definition) is 2. The number of carbonyl (C=O) groups is 2. The molecule has 0 bridgehead atoms. The number of rotatable bonds is 5. The van der Waals surface area contributed by atoms with Crippen LogP contribution in [0.15, 0.2) is 24.3 Å². The average molecular weight is 386 g/mol. The van der Waals surface area contributed by atoms with Crippen molar-refractivity contribution in [3.8, 4) is 0 Å². The zero-order valence-electron chi connectivity index (χ0n) is 17.7. The van der Waals surface area contributed by atoms with Crippen molar-refractivity contribution in [2.75, 3.05) is 31.5 Å². The molecule has 1 aromatic rings. The molecule has 0 saturated carbocycles. The molecule has 28 heavy (non-hydrogen) atoms. The molecule has 2 saturated heterocycles. The lowest BCUT2D eigenvalue weighted by atomic mass is 9.73. The van der Waals surface area contributed by atoms with Crippen molar-refractivity contribution in [2.24, 2.45) is 11.3 Å². The third-order valence-corrected chi connectivity index (χ3v) is 6.26. The van der Waals surface area contributed by atoms with Crippen LogP contribution in [-0.2, 0) is 11.2 Å². The molecule has 0 aliphatic carbocycles. The van der Waals surface area contributed by atoms with E-state index in [2.05, 4.69) is 37.1 Å². The SMILES string of the molecule is CCc1cccc(NC(=O)N2CCCC3(CCC(=O)N(CCC(C)C)C3)C2)c1. The Kier molecular flexibility index (Phi) is 6.63. The number of nitrogens with one attached hydrogen (secondary N) is 1. The Morgan fingerprint density at radius 3 is 2.82 bits per heavy atom. The molecule has 2 aliphatic rings. The van der Waals surface area contributed by atoms with Gasteiger partial charge in [0.2, 0.25) is 5.91 Å². The summed E-state index contributed by atoms with van der Waals surface area (Å²) in [5, 5.41) is 3.07. The number of aryl methyl sites for hydroxylation is 1. The van der Waals surface area contributed by atoms with Gasteiger partial charge in [0.15, 0.2) is 0 Å². The molecule has 2 fully saturated rings. The molecule has 2 heterocycles. The van der Waals surface area contributed by atoms with Crippen molar-refractivity contribution < 1.29 is 9.59 Å². The molecule has 0 radical (unpaired) electrons. The fourth-order valence-electron chi connectivity index (χ4n) is 4.51. The van der Waals surface area contributed by atoms with E-state index >= 15 is 0 Å². The summed E-state index contributed by atoms with van der Waals surface area (Å²) in [5.74, 6) is 0.877. The summed E-state index contributed by atoms with van der Waals surface area (Å²) in [6.07, 6.45) is 5.63. The van der Waals surface area contributed by atoms with Crippen LogP contribution in [0.5, 0.6) is 0 Å². The molecule has 1 aromatic carbocycles. The van der Waals surface area contributed by atoms with E-state index in [0.717, 1.165) is 64.0 Å². The van der Waals surface area contributed by atoms with Crippen LogP contribution in [0, 0.1) is 11.3 Å². The van der Waals surface area contributed by atoms with Crippen LogP contribution < -0.4 is 5.32 Å². The van der Waals surface area contributed by atoms with Crippen molar-refractivity contribution in [2.45, 2.75) is 59.3 Å². The van der Waals surface area contributed by atoms with Crippen molar-refractivity contribution in [1.29, 1.82) is 0 Å². The minimum atomic E-state index is -0.0158. The van der Waals surface area contributed by atoms with Gasteiger partial charge in [-0.2, -0.15) is 0 Å². The lowest BCUT2D eigenvalue weighted by Crippen LogP contribution is -2.55. The number of benzene rings is 1. The highest BCUT2D eigenvalue weighted by Crippen LogP contribution is 2.39.